The summed E-state index contributed by atoms with van der Waals surface area (Å²) >= 11 is 13.5. The fourth-order valence-corrected chi connectivity index (χ4v) is 4.70. The Kier molecular flexibility index (Phi) is 6.96. The van der Waals surface area contributed by atoms with Crippen molar-refractivity contribution in [2.24, 2.45) is 5.92 Å². The smallest absolute Gasteiger partial charge is 0.200 e. The molecule has 4 nitrogen and oxygen atoms in total. The van der Waals surface area contributed by atoms with Crippen LogP contribution in [0.25, 0.3) is 29.1 Å². The second kappa shape index (κ2) is 9.58. The highest BCUT2D eigenvalue weighted by atomic mass is 35.5. The molecule has 2 atom stereocenters. The van der Waals surface area contributed by atoms with Crippen LogP contribution in [-0.4, -0.2) is 14.9 Å². The summed E-state index contributed by atoms with van der Waals surface area (Å²) in [4.78, 5) is 11.2. The standard InChI is InChI=1S/C24H21Cl2F2N3OS/c1-12-7-8-21-17(9-12)24(15-5-4-6-18(25)23(15)28)29-31(21)22-11-20(27)16(10-19(22)26)13(2)30-33-14(3)32/h4-6,8-13,30H,7H2,1-3H3. The Hall–Kier alpha value is -2.19. The molecule has 0 fully saturated rings. The summed E-state index contributed by atoms with van der Waals surface area (Å²) in [7, 11) is 0. The van der Waals surface area contributed by atoms with Crippen molar-refractivity contribution in [1.29, 1.82) is 0 Å². The second-order valence-corrected chi connectivity index (χ2v) is 9.83. The predicted molar refractivity (Wildman–Crippen MR) is 131 cm³/mol. The molecule has 0 spiro atoms. The summed E-state index contributed by atoms with van der Waals surface area (Å²) in [6, 6.07) is 7.14. The number of benzene rings is 2. The van der Waals surface area contributed by atoms with Crippen LogP contribution in [0, 0.1) is 17.6 Å². The van der Waals surface area contributed by atoms with Crippen molar-refractivity contribution in [2.45, 2.75) is 33.2 Å². The monoisotopic (exact) mass is 507 g/mol. The van der Waals surface area contributed by atoms with E-state index in [0.717, 1.165) is 28.9 Å². The molecule has 172 valence electrons. The van der Waals surface area contributed by atoms with Gasteiger partial charge in [-0.15, -0.1) is 0 Å². The minimum atomic E-state index is -0.561. The van der Waals surface area contributed by atoms with Crippen LogP contribution >= 0.6 is 35.1 Å². The highest BCUT2D eigenvalue weighted by molar-refractivity contribution is 8.11. The summed E-state index contributed by atoms with van der Waals surface area (Å²) in [5.41, 5.74) is 1.35. The molecule has 1 aliphatic rings. The number of fused-ring (bicyclic) bond motifs is 1. The quantitative estimate of drug-likeness (QED) is 0.458. The summed E-state index contributed by atoms with van der Waals surface area (Å²) in [6.07, 6.45) is 4.78. The minimum absolute atomic E-state index is 0.00184. The molecule has 0 saturated carbocycles. The lowest BCUT2D eigenvalue weighted by molar-refractivity contribution is -0.109. The van der Waals surface area contributed by atoms with E-state index in [-0.39, 0.29) is 26.6 Å². The number of carbonyl (C=O) groups excluding carboxylic acids is 1. The molecule has 0 radical (unpaired) electrons. The zero-order chi connectivity index (χ0) is 23.9. The van der Waals surface area contributed by atoms with E-state index < -0.39 is 17.7 Å². The molecule has 1 aromatic heterocycles. The van der Waals surface area contributed by atoms with Gasteiger partial charge in [0, 0.05) is 35.4 Å². The number of aromatic nitrogens is 2. The van der Waals surface area contributed by atoms with Gasteiger partial charge in [0.15, 0.2) is 5.82 Å². The van der Waals surface area contributed by atoms with Crippen LogP contribution in [0.5, 0.6) is 0 Å². The van der Waals surface area contributed by atoms with Crippen LogP contribution in [0.4, 0.5) is 8.78 Å². The van der Waals surface area contributed by atoms with E-state index in [2.05, 4.69) is 16.7 Å². The molecule has 0 bridgehead atoms. The molecular formula is C24H21Cl2F2N3OS. The third-order valence-corrected chi connectivity index (χ3v) is 6.79. The molecule has 33 heavy (non-hydrogen) atoms. The van der Waals surface area contributed by atoms with Crippen molar-refractivity contribution < 1.29 is 13.6 Å². The molecule has 0 saturated heterocycles. The van der Waals surface area contributed by atoms with Crippen LogP contribution in [0.2, 0.25) is 10.0 Å². The van der Waals surface area contributed by atoms with Gasteiger partial charge in [0.1, 0.15) is 11.5 Å². The van der Waals surface area contributed by atoms with E-state index in [0.29, 0.717) is 16.9 Å². The molecule has 4 rings (SSSR count). The van der Waals surface area contributed by atoms with Crippen molar-refractivity contribution in [3.8, 4) is 16.9 Å². The maximum atomic E-state index is 15.1. The Labute approximate surface area is 204 Å². The molecule has 2 aromatic carbocycles. The maximum Gasteiger partial charge on any atom is 0.200 e. The Morgan fingerprint density at radius 3 is 2.76 bits per heavy atom. The van der Waals surface area contributed by atoms with Gasteiger partial charge in [0.25, 0.3) is 0 Å². The third-order valence-electron chi connectivity index (χ3n) is 5.44. The number of rotatable bonds is 5. The molecule has 1 aliphatic carbocycles. The number of halogens is 4. The largest absolute Gasteiger partial charge is 0.286 e. The number of hydrogen-bond acceptors (Lipinski definition) is 4. The molecule has 0 aliphatic heterocycles. The van der Waals surface area contributed by atoms with Gasteiger partial charge in [-0.25, -0.2) is 13.5 Å². The van der Waals surface area contributed by atoms with Gasteiger partial charge >= 0.3 is 0 Å². The molecule has 0 amide bonds. The molecular weight excluding hydrogens is 487 g/mol. The van der Waals surface area contributed by atoms with Crippen LogP contribution in [0.1, 0.15) is 38.8 Å². The van der Waals surface area contributed by atoms with E-state index >= 15 is 4.39 Å². The topological polar surface area (TPSA) is 46.9 Å². The van der Waals surface area contributed by atoms with Crippen molar-refractivity contribution in [1.82, 2.24) is 14.5 Å². The first-order valence-corrected chi connectivity index (χ1v) is 11.9. The van der Waals surface area contributed by atoms with Gasteiger partial charge < -0.3 is 0 Å². The Morgan fingerprint density at radius 1 is 1.27 bits per heavy atom. The first-order valence-electron chi connectivity index (χ1n) is 10.3. The zero-order valence-electron chi connectivity index (χ0n) is 18.1. The summed E-state index contributed by atoms with van der Waals surface area (Å²) in [5, 5.41) is 6.27. The highest BCUT2D eigenvalue weighted by Crippen LogP contribution is 2.29. The highest BCUT2D eigenvalue weighted by Gasteiger charge is 2.21. The fraction of sp³-hybridized carbons (Fsp3) is 0.250. The average molecular weight is 508 g/mol. The van der Waals surface area contributed by atoms with Crippen molar-refractivity contribution in [2.75, 3.05) is 0 Å². The second-order valence-electron chi connectivity index (χ2n) is 8.00. The summed E-state index contributed by atoms with van der Waals surface area (Å²) < 4.78 is 34.4. The van der Waals surface area contributed by atoms with Crippen molar-refractivity contribution in [3.05, 3.63) is 68.1 Å². The van der Waals surface area contributed by atoms with Crippen molar-refractivity contribution >= 4 is 52.4 Å². The number of nitrogens with one attached hydrogen (secondary N) is 1. The lowest BCUT2D eigenvalue weighted by Gasteiger charge is -2.16. The Balaban J connectivity index is 1.88. The van der Waals surface area contributed by atoms with E-state index in [1.165, 1.54) is 25.1 Å². The normalized spacial score (nSPS) is 16.0. The first kappa shape index (κ1) is 24.0. The van der Waals surface area contributed by atoms with Crippen LogP contribution < -0.4 is 15.3 Å². The molecule has 2 unspecified atom stereocenters. The number of carbonyl (C=O) groups is 1. The number of hydrogen-bond donors (Lipinski definition) is 1. The van der Waals surface area contributed by atoms with Crippen molar-refractivity contribution in [3.63, 3.8) is 0 Å². The summed E-state index contributed by atoms with van der Waals surface area (Å²) in [6.45, 7) is 5.22. The van der Waals surface area contributed by atoms with Gasteiger partial charge in [0.2, 0.25) is 5.12 Å². The average Bonchev–Trinajstić information content (AvgIpc) is 3.13. The van der Waals surface area contributed by atoms with E-state index in [1.54, 1.807) is 23.7 Å². The lowest BCUT2D eigenvalue weighted by atomic mass is 9.99. The molecule has 1 heterocycles. The van der Waals surface area contributed by atoms with Gasteiger partial charge in [-0.3, -0.25) is 9.52 Å². The Morgan fingerprint density at radius 2 is 2.03 bits per heavy atom. The predicted octanol–water partition coefficient (Wildman–Crippen LogP) is 5.57. The molecule has 9 heteroatoms. The lowest BCUT2D eigenvalue weighted by Crippen LogP contribution is -2.32. The molecule has 1 N–H and O–H groups in total. The van der Waals surface area contributed by atoms with Gasteiger partial charge in [-0.05, 0) is 49.4 Å². The first-order chi connectivity index (χ1) is 15.7. The van der Waals surface area contributed by atoms with Crippen LogP contribution in [0.15, 0.2) is 30.3 Å². The third kappa shape index (κ3) is 4.73. The minimum Gasteiger partial charge on any atom is -0.286 e. The van der Waals surface area contributed by atoms with Gasteiger partial charge in [-0.1, -0.05) is 48.3 Å². The van der Waals surface area contributed by atoms with E-state index in [9.17, 15) is 9.18 Å². The van der Waals surface area contributed by atoms with Gasteiger partial charge in [0.05, 0.1) is 21.1 Å². The van der Waals surface area contributed by atoms with Crippen LogP contribution in [-0.2, 0) is 4.79 Å². The fourth-order valence-electron chi connectivity index (χ4n) is 3.80. The van der Waals surface area contributed by atoms with Crippen LogP contribution in [0.3, 0.4) is 0 Å². The SMILES string of the molecule is CC(=O)SNC(C)c1cc(Cl)c(-n2nc(-c3cccc(Cl)c3F)c3c2=CCC(C)C=3)cc1F. The van der Waals surface area contributed by atoms with Gasteiger partial charge in [-0.2, -0.15) is 5.10 Å². The maximum absolute atomic E-state index is 15.1. The molecule has 3 aromatic rings. The number of nitrogens with zero attached hydrogens (tertiary/aromatic N) is 2. The zero-order valence-corrected chi connectivity index (χ0v) is 20.5. The Bertz CT molecular complexity index is 1370. The van der Waals surface area contributed by atoms with E-state index in [1.807, 2.05) is 12.2 Å². The summed E-state index contributed by atoms with van der Waals surface area (Å²) in [5.74, 6) is -0.823. The van der Waals surface area contributed by atoms with E-state index in [4.69, 9.17) is 23.2 Å².